The molecule has 0 amide bonds. The first kappa shape index (κ1) is 15.4. The lowest BCUT2D eigenvalue weighted by Crippen LogP contribution is -2.31. The summed E-state index contributed by atoms with van der Waals surface area (Å²) in [4.78, 5) is 0. The fourth-order valence-electron chi connectivity index (χ4n) is 3.30. The van der Waals surface area contributed by atoms with Crippen LogP contribution < -0.4 is 19.5 Å². The van der Waals surface area contributed by atoms with E-state index in [9.17, 15) is 0 Å². The Bertz CT molecular complexity index is 518. The van der Waals surface area contributed by atoms with Gasteiger partial charge in [-0.1, -0.05) is 13.8 Å². The highest BCUT2D eigenvalue weighted by Crippen LogP contribution is 2.41. The second-order valence-corrected chi connectivity index (χ2v) is 6.29. The van der Waals surface area contributed by atoms with E-state index in [0.29, 0.717) is 23.7 Å². The first-order chi connectivity index (χ1) is 10.7. The summed E-state index contributed by atoms with van der Waals surface area (Å²) in [7, 11) is 1.65. The quantitative estimate of drug-likeness (QED) is 0.875. The van der Waals surface area contributed by atoms with Gasteiger partial charge in [-0.3, -0.25) is 0 Å². The molecule has 122 valence electrons. The zero-order valence-electron chi connectivity index (χ0n) is 13.6. The molecule has 0 saturated carbocycles. The minimum absolute atomic E-state index is 0.262. The van der Waals surface area contributed by atoms with Gasteiger partial charge in [0.05, 0.1) is 13.2 Å². The Morgan fingerprint density at radius 1 is 1.32 bits per heavy atom. The lowest BCUT2D eigenvalue weighted by Gasteiger charge is -2.22. The molecule has 1 aromatic rings. The summed E-state index contributed by atoms with van der Waals surface area (Å²) in [5.74, 6) is 3.36. The first-order valence-electron chi connectivity index (χ1n) is 7.98. The van der Waals surface area contributed by atoms with Gasteiger partial charge in [-0.2, -0.15) is 0 Å². The van der Waals surface area contributed by atoms with Crippen molar-refractivity contribution in [2.75, 3.05) is 27.1 Å². The normalized spacial score (nSPS) is 23.3. The largest absolute Gasteiger partial charge is 0.493 e. The number of fused-ring (bicyclic) bond motifs is 1. The predicted octanol–water partition coefficient (Wildman–Crippen LogP) is 2.57. The number of methoxy groups -OCH3 is 1. The fourth-order valence-corrected chi connectivity index (χ4v) is 3.30. The molecule has 0 aromatic heterocycles. The lowest BCUT2D eigenvalue weighted by molar-refractivity contribution is 0.0539. The van der Waals surface area contributed by atoms with Gasteiger partial charge in [0.15, 0.2) is 11.5 Å². The number of benzene rings is 1. The molecule has 0 spiro atoms. The minimum Gasteiger partial charge on any atom is -0.493 e. The van der Waals surface area contributed by atoms with Crippen LogP contribution in [-0.2, 0) is 11.3 Å². The number of rotatable bonds is 6. The number of ether oxygens (including phenoxy) is 4. The molecule has 5 heteroatoms. The van der Waals surface area contributed by atoms with Crippen LogP contribution in [0, 0.1) is 11.8 Å². The maximum Gasteiger partial charge on any atom is 0.231 e. The van der Waals surface area contributed by atoms with Crippen molar-refractivity contribution in [3.8, 4) is 17.2 Å². The number of hydrogen-bond acceptors (Lipinski definition) is 5. The smallest absolute Gasteiger partial charge is 0.231 e. The summed E-state index contributed by atoms with van der Waals surface area (Å²) in [5.41, 5.74) is 1.14. The predicted molar refractivity (Wildman–Crippen MR) is 83.5 cm³/mol. The zero-order valence-corrected chi connectivity index (χ0v) is 13.6. The Balaban J connectivity index is 1.58. The molecular formula is C17H25NO4. The molecule has 5 nitrogen and oxygen atoms in total. The molecule has 0 unspecified atom stereocenters. The number of nitrogens with one attached hydrogen (secondary N) is 1. The van der Waals surface area contributed by atoms with Crippen LogP contribution in [0.3, 0.4) is 0 Å². The van der Waals surface area contributed by atoms with Crippen LogP contribution >= 0.6 is 0 Å². The number of hydrogen-bond donors (Lipinski definition) is 1. The second-order valence-electron chi connectivity index (χ2n) is 6.29. The van der Waals surface area contributed by atoms with Crippen molar-refractivity contribution in [1.29, 1.82) is 0 Å². The minimum atomic E-state index is 0.262. The van der Waals surface area contributed by atoms with E-state index in [1.54, 1.807) is 7.11 Å². The molecule has 0 aliphatic carbocycles. The molecule has 2 atom stereocenters. The van der Waals surface area contributed by atoms with E-state index in [1.807, 2.05) is 12.1 Å². The standard InChI is InChI=1S/C17H25NO4/c1-11(2)16-13(4-5-20-16)9-18-8-12-6-14(19-3)17-15(7-12)21-10-22-17/h6-7,11,13,16,18H,4-5,8-10H2,1-3H3/t13-,16-/m1/s1. The molecule has 2 aliphatic rings. The Labute approximate surface area is 131 Å². The van der Waals surface area contributed by atoms with Crippen molar-refractivity contribution in [3.63, 3.8) is 0 Å². The van der Waals surface area contributed by atoms with E-state index in [-0.39, 0.29) is 6.79 Å². The monoisotopic (exact) mass is 307 g/mol. The van der Waals surface area contributed by atoms with E-state index < -0.39 is 0 Å². The van der Waals surface area contributed by atoms with E-state index in [1.165, 1.54) is 0 Å². The maximum atomic E-state index is 5.83. The fraction of sp³-hybridized carbons (Fsp3) is 0.647. The van der Waals surface area contributed by atoms with Gasteiger partial charge in [0.1, 0.15) is 0 Å². The molecular weight excluding hydrogens is 282 g/mol. The highest BCUT2D eigenvalue weighted by molar-refractivity contribution is 5.55. The molecule has 22 heavy (non-hydrogen) atoms. The molecule has 0 bridgehead atoms. The molecule has 1 aromatic carbocycles. The molecule has 3 rings (SSSR count). The SMILES string of the molecule is COc1cc(CNC[C@H]2CCO[C@@H]2C(C)C)cc2c1OCO2. The Morgan fingerprint density at radius 2 is 2.18 bits per heavy atom. The van der Waals surface area contributed by atoms with Gasteiger partial charge >= 0.3 is 0 Å². The Kier molecular flexibility index (Phi) is 4.74. The summed E-state index contributed by atoms with van der Waals surface area (Å²) in [6.07, 6.45) is 1.51. The van der Waals surface area contributed by atoms with Crippen molar-refractivity contribution < 1.29 is 18.9 Å². The van der Waals surface area contributed by atoms with Gasteiger partial charge in [-0.25, -0.2) is 0 Å². The van der Waals surface area contributed by atoms with E-state index in [2.05, 4.69) is 19.2 Å². The average molecular weight is 307 g/mol. The van der Waals surface area contributed by atoms with Crippen LogP contribution in [0.1, 0.15) is 25.8 Å². The second kappa shape index (κ2) is 6.75. The van der Waals surface area contributed by atoms with Crippen molar-refractivity contribution >= 4 is 0 Å². The Morgan fingerprint density at radius 3 is 2.95 bits per heavy atom. The van der Waals surface area contributed by atoms with E-state index in [4.69, 9.17) is 18.9 Å². The van der Waals surface area contributed by atoms with E-state index in [0.717, 1.165) is 43.2 Å². The summed E-state index contributed by atoms with van der Waals surface area (Å²) < 4.78 is 22.1. The van der Waals surface area contributed by atoms with Crippen molar-refractivity contribution in [1.82, 2.24) is 5.32 Å². The Hall–Kier alpha value is -1.46. The summed E-state index contributed by atoms with van der Waals surface area (Å²) in [5, 5.41) is 3.54. The molecule has 0 radical (unpaired) electrons. The van der Waals surface area contributed by atoms with Gasteiger partial charge in [0, 0.05) is 19.7 Å². The highest BCUT2D eigenvalue weighted by Gasteiger charge is 2.30. The van der Waals surface area contributed by atoms with Gasteiger partial charge in [-0.05, 0) is 36.0 Å². The molecule has 1 saturated heterocycles. The third kappa shape index (κ3) is 3.15. The van der Waals surface area contributed by atoms with Crippen LogP contribution in [0.15, 0.2) is 12.1 Å². The van der Waals surface area contributed by atoms with E-state index >= 15 is 0 Å². The molecule has 2 aliphatic heterocycles. The zero-order chi connectivity index (χ0) is 15.5. The topological polar surface area (TPSA) is 49.0 Å². The summed E-state index contributed by atoms with van der Waals surface area (Å²) in [6.45, 7) is 7.36. The molecule has 1 N–H and O–H groups in total. The summed E-state index contributed by atoms with van der Waals surface area (Å²) in [6, 6.07) is 4.02. The van der Waals surface area contributed by atoms with Crippen molar-refractivity contribution in [2.45, 2.75) is 32.9 Å². The average Bonchev–Trinajstić information content (AvgIpc) is 3.14. The summed E-state index contributed by atoms with van der Waals surface area (Å²) >= 11 is 0. The first-order valence-corrected chi connectivity index (χ1v) is 7.98. The van der Waals surface area contributed by atoms with Crippen LogP contribution in [0.4, 0.5) is 0 Å². The van der Waals surface area contributed by atoms with Crippen LogP contribution in [0.5, 0.6) is 17.2 Å². The van der Waals surface area contributed by atoms with Crippen LogP contribution in [0.25, 0.3) is 0 Å². The van der Waals surface area contributed by atoms with Gasteiger partial charge < -0.3 is 24.3 Å². The molecule has 1 fully saturated rings. The van der Waals surface area contributed by atoms with Crippen LogP contribution in [-0.4, -0.2) is 33.2 Å². The maximum absolute atomic E-state index is 5.83. The van der Waals surface area contributed by atoms with Crippen molar-refractivity contribution in [3.05, 3.63) is 17.7 Å². The van der Waals surface area contributed by atoms with Crippen molar-refractivity contribution in [2.24, 2.45) is 11.8 Å². The highest BCUT2D eigenvalue weighted by atomic mass is 16.7. The lowest BCUT2D eigenvalue weighted by atomic mass is 9.93. The third-order valence-corrected chi connectivity index (χ3v) is 4.37. The van der Waals surface area contributed by atoms with Gasteiger partial charge in [0.2, 0.25) is 12.5 Å². The van der Waals surface area contributed by atoms with Gasteiger partial charge in [-0.15, -0.1) is 0 Å². The third-order valence-electron chi connectivity index (χ3n) is 4.37. The van der Waals surface area contributed by atoms with Crippen LogP contribution in [0.2, 0.25) is 0 Å². The van der Waals surface area contributed by atoms with Gasteiger partial charge in [0.25, 0.3) is 0 Å². The molecule has 2 heterocycles.